The van der Waals surface area contributed by atoms with Crippen LogP contribution in [-0.4, -0.2) is 22.4 Å². The van der Waals surface area contributed by atoms with E-state index in [0.29, 0.717) is 18.1 Å². The number of rotatable bonds is 7. The van der Waals surface area contributed by atoms with Gasteiger partial charge in [0.1, 0.15) is 17.3 Å². The number of benzene rings is 2. The highest BCUT2D eigenvalue weighted by molar-refractivity contribution is 5.92. The molecule has 0 saturated heterocycles. The zero-order chi connectivity index (χ0) is 19.1. The van der Waals surface area contributed by atoms with Crippen molar-refractivity contribution >= 4 is 11.7 Å². The van der Waals surface area contributed by atoms with Crippen LogP contribution >= 0.6 is 0 Å². The van der Waals surface area contributed by atoms with Gasteiger partial charge < -0.3 is 10.2 Å². The van der Waals surface area contributed by atoms with Gasteiger partial charge in [-0.15, -0.1) is 0 Å². The quantitative estimate of drug-likeness (QED) is 0.697. The van der Waals surface area contributed by atoms with Crippen molar-refractivity contribution in [1.29, 1.82) is 0 Å². The third-order valence-corrected chi connectivity index (χ3v) is 4.27. The van der Waals surface area contributed by atoms with Gasteiger partial charge in [-0.25, -0.2) is 9.97 Å². The van der Waals surface area contributed by atoms with E-state index in [-0.39, 0.29) is 5.91 Å². The zero-order valence-electron chi connectivity index (χ0n) is 15.7. The molecule has 138 valence electrons. The van der Waals surface area contributed by atoms with Crippen LogP contribution in [-0.2, 0) is 13.1 Å². The molecule has 2 aromatic carbocycles. The summed E-state index contributed by atoms with van der Waals surface area (Å²) in [5.74, 6) is 1.16. The molecule has 0 bridgehead atoms. The summed E-state index contributed by atoms with van der Waals surface area (Å²) in [5.41, 5.74) is 2.64. The maximum Gasteiger partial charge on any atom is 0.270 e. The minimum absolute atomic E-state index is 0.193. The largest absolute Gasteiger partial charge is 0.352 e. The molecule has 0 unspecified atom stereocenters. The number of aromatic nitrogens is 2. The molecule has 0 aliphatic rings. The summed E-state index contributed by atoms with van der Waals surface area (Å²) < 4.78 is 0. The van der Waals surface area contributed by atoms with E-state index < -0.39 is 0 Å². The van der Waals surface area contributed by atoms with E-state index in [2.05, 4.69) is 39.2 Å². The van der Waals surface area contributed by atoms with Crippen LogP contribution in [0, 0.1) is 6.92 Å². The molecule has 0 atom stereocenters. The van der Waals surface area contributed by atoms with Crippen LogP contribution in [0.3, 0.4) is 0 Å². The molecule has 0 spiro atoms. The third-order valence-electron chi connectivity index (χ3n) is 4.27. The zero-order valence-corrected chi connectivity index (χ0v) is 15.7. The summed E-state index contributed by atoms with van der Waals surface area (Å²) in [6, 6.07) is 21.8. The average molecular weight is 360 g/mol. The Morgan fingerprint density at radius 2 is 1.59 bits per heavy atom. The molecule has 3 rings (SSSR count). The van der Waals surface area contributed by atoms with E-state index in [1.807, 2.05) is 55.5 Å². The Morgan fingerprint density at radius 1 is 0.963 bits per heavy atom. The first kappa shape index (κ1) is 18.6. The molecule has 1 heterocycles. The Bertz CT molecular complexity index is 881. The lowest BCUT2D eigenvalue weighted by molar-refractivity contribution is 0.0945. The van der Waals surface area contributed by atoms with Crippen LogP contribution in [0.1, 0.15) is 34.4 Å². The topological polar surface area (TPSA) is 58.1 Å². The molecular weight excluding hydrogens is 336 g/mol. The normalized spacial score (nSPS) is 10.4. The van der Waals surface area contributed by atoms with Gasteiger partial charge in [0.25, 0.3) is 5.91 Å². The first-order valence-electron chi connectivity index (χ1n) is 9.12. The van der Waals surface area contributed by atoms with Crippen molar-refractivity contribution in [2.45, 2.75) is 26.9 Å². The fourth-order valence-corrected chi connectivity index (χ4v) is 2.86. The van der Waals surface area contributed by atoms with E-state index in [1.165, 1.54) is 5.56 Å². The number of nitrogens with one attached hydrogen (secondary N) is 1. The first-order chi connectivity index (χ1) is 13.2. The van der Waals surface area contributed by atoms with Crippen molar-refractivity contribution in [3.8, 4) is 0 Å². The standard InChI is InChI=1S/C22H24N4O/c1-3-26(16-19-12-8-5-9-13-19)21-14-20(24-17(2)25-21)22(27)23-15-18-10-6-4-7-11-18/h4-14H,3,15-16H2,1-2H3,(H,23,27). The van der Waals surface area contributed by atoms with Crippen LogP contribution in [0.5, 0.6) is 0 Å². The summed E-state index contributed by atoms with van der Waals surface area (Å²) in [5, 5.41) is 2.93. The lowest BCUT2D eigenvalue weighted by Crippen LogP contribution is -2.27. The number of hydrogen-bond acceptors (Lipinski definition) is 4. The molecule has 3 aromatic rings. The molecule has 0 radical (unpaired) electrons. The fraction of sp³-hybridized carbons (Fsp3) is 0.227. The van der Waals surface area contributed by atoms with Crippen molar-refractivity contribution in [3.05, 3.63) is 89.4 Å². The van der Waals surface area contributed by atoms with Gasteiger partial charge in [-0.05, 0) is 25.0 Å². The molecule has 1 aromatic heterocycles. The lowest BCUT2D eigenvalue weighted by Gasteiger charge is -2.22. The Kier molecular flexibility index (Phi) is 6.15. The smallest absolute Gasteiger partial charge is 0.270 e. The summed E-state index contributed by atoms with van der Waals surface area (Å²) in [6.45, 7) is 5.89. The van der Waals surface area contributed by atoms with Crippen LogP contribution in [0.2, 0.25) is 0 Å². The molecule has 27 heavy (non-hydrogen) atoms. The van der Waals surface area contributed by atoms with Gasteiger partial charge in [-0.3, -0.25) is 4.79 Å². The second-order valence-corrected chi connectivity index (χ2v) is 6.33. The second-order valence-electron chi connectivity index (χ2n) is 6.33. The third kappa shape index (κ3) is 5.14. The molecule has 0 aliphatic heterocycles. The van der Waals surface area contributed by atoms with Gasteiger partial charge in [-0.2, -0.15) is 0 Å². The predicted octanol–water partition coefficient (Wildman–Crippen LogP) is 3.74. The highest BCUT2D eigenvalue weighted by Crippen LogP contribution is 2.16. The monoisotopic (exact) mass is 360 g/mol. The summed E-state index contributed by atoms with van der Waals surface area (Å²) >= 11 is 0. The van der Waals surface area contributed by atoms with Crippen LogP contribution in [0.25, 0.3) is 0 Å². The molecule has 1 amide bonds. The molecule has 0 aliphatic carbocycles. The Hall–Kier alpha value is -3.21. The molecule has 5 nitrogen and oxygen atoms in total. The minimum Gasteiger partial charge on any atom is -0.352 e. The summed E-state index contributed by atoms with van der Waals surface area (Å²) in [4.78, 5) is 23.6. The fourth-order valence-electron chi connectivity index (χ4n) is 2.86. The van der Waals surface area contributed by atoms with E-state index in [0.717, 1.165) is 24.5 Å². The summed E-state index contributed by atoms with van der Waals surface area (Å²) in [6.07, 6.45) is 0. The number of amides is 1. The number of aryl methyl sites for hydroxylation is 1. The van der Waals surface area contributed by atoms with Gasteiger partial charge in [-0.1, -0.05) is 60.7 Å². The van der Waals surface area contributed by atoms with Gasteiger partial charge in [0, 0.05) is 25.7 Å². The van der Waals surface area contributed by atoms with E-state index in [1.54, 1.807) is 6.07 Å². The number of anilines is 1. The van der Waals surface area contributed by atoms with Crippen molar-refractivity contribution in [2.75, 3.05) is 11.4 Å². The molecule has 5 heteroatoms. The average Bonchev–Trinajstić information content (AvgIpc) is 2.71. The Labute approximate surface area is 160 Å². The Morgan fingerprint density at radius 3 is 2.22 bits per heavy atom. The SMILES string of the molecule is CCN(Cc1ccccc1)c1cc(C(=O)NCc2ccccc2)nc(C)n1. The first-order valence-corrected chi connectivity index (χ1v) is 9.12. The molecule has 0 saturated carbocycles. The second kappa shape index (κ2) is 8.94. The van der Waals surface area contributed by atoms with Crippen LogP contribution in [0.4, 0.5) is 5.82 Å². The van der Waals surface area contributed by atoms with E-state index in [4.69, 9.17) is 0 Å². The van der Waals surface area contributed by atoms with Crippen molar-refractivity contribution < 1.29 is 4.79 Å². The maximum atomic E-state index is 12.6. The van der Waals surface area contributed by atoms with Gasteiger partial charge in [0.05, 0.1) is 0 Å². The minimum atomic E-state index is -0.193. The van der Waals surface area contributed by atoms with Crippen LogP contribution < -0.4 is 10.2 Å². The summed E-state index contributed by atoms with van der Waals surface area (Å²) in [7, 11) is 0. The van der Waals surface area contributed by atoms with Gasteiger partial charge >= 0.3 is 0 Å². The van der Waals surface area contributed by atoms with Crippen LogP contribution in [0.15, 0.2) is 66.7 Å². The van der Waals surface area contributed by atoms with Crippen molar-refractivity contribution in [2.24, 2.45) is 0 Å². The molecule has 1 N–H and O–H groups in total. The van der Waals surface area contributed by atoms with Gasteiger partial charge in [0.2, 0.25) is 0 Å². The number of hydrogen-bond donors (Lipinski definition) is 1. The highest BCUT2D eigenvalue weighted by atomic mass is 16.1. The van der Waals surface area contributed by atoms with Gasteiger partial charge in [0.15, 0.2) is 0 Å². The Balaban J connectivity index is 1.75. The number of carbonyl (C=O) groups is 1. The maximum absolute atomic E-state index is 12.6. The van der Waals surface area contributed by atoms with E-state index in [9.17, 15) is 4.79 Å². The molecule has 0 fully saturated rings. The van der Waals surface area contributed by atoms with Crippen molar-refractivity contribution in [1.82, 2.24) is 15.3 Å². The number of nitrogens with zero attached hydrogens (tertiary/aromatic N) is 3. The lowest BCUT2D eigenvalue weighted by atomic mass is 10.2. The molecular formula is C22H24N4O. The van der Waals surface area contributed by atoms with E-state index >= 15 is 0 Å². The highest BCUT2D eigenvalue weighted by Gasteiger charge is 2.14. The predicted molar refractivity (Wildman–Crippen MR) is 108 cm³/mol. The number of carbonyl (C=O) groups excluding carboxylic acids is 1. The van der Waals surface area contributed by atoms with Crippen molar-refractivity contribution in [3.63, 3.8) is 0 Å².